The molecule has 0 heterocycles. The lowest BCUT2D eigenvalue weighted by atomic mass is 9.60. The molecule has 3 N–H and O–H groups in total. The summed E-state index contributed by atoms with van der Waals surface area (Å²) in [7, 11) is 0. The third kappa shape index (κ3) is 5.74. The zero-order chi connectivity index (χ0) is 21.2. The van der Waals surface area contributed by atoms with Gasteiger partial charge in [0.1, 0.15) is 0 Å². The van der Waals surface area contributed by atoms with Crippen LogP contribution in [-0.4, -0.2) is 33.1 Å². The minimum atomic E-state index is -0.544. The van der Waals surface area contributed by atoms with Crippen LogP contribution in [0.4, 0.5) is 0 Å². The maximum atomic E-state index is 10.0. The van der Waals surface area contributed by atoms with Crippen molar-refractivity contribution in [2.45, 2.75) is 116 Å². The molecule has 3 aliphatic rings. The molecule has 0 bridgehead atoms. The highest BCUT2D eigenvalue weighted by Gasteiger charge is 2.50. The van der Waals surface area contributed by atoms with Gasteiger partial charge in [0.2, 0.25) is 0 Å². The predicted octanol–water partition coefficient (Wildman–Crippen LogP) is 5.54. The number of hydrogen-bond donors (Lipinski definition) is 3. The summed E-state index contributed by atoms with van der Waals surface area (Å²) in [5.74, 6) is 2.21. The molecule has 2 fully saturated rings. The molecule has 0 radical (unpaired) electrons. The van der Waals surface area contributed by atoms with Crippen LogP contribution in [0.15, 0.2) is 23.3 Å². The van der Waals surface area contributed by atoms with Gasteiger partial charge in [-0.1, -0.05) is 50.0 Å². The van der Waals surface area contributed by atoms with Gasteiger partial charge in [-0.05, 0) is 88.4 Å². The Labute approximate surface area is 178 Å². The van der Waals surface area contributed by atoms with E-state index in [4.69, 9.17) is 0 Å². The van der Waals surface area contributed by atoms with Gasteiger partial charge in [0.05, 0.1) is 17.8 Å². The van der Waals surface area contributed by atoms with Crippen molar-refractivity contribution in [2.24, 2.45) is 23.2 Å². The Bertz CT molecular complexity index is 614. The summed E-state index contributed by atoms with van der Waals surface area (Å²) in [4.78, 5) is 0. The molecular formula is C26H44O3. The first kappa shape index (κ1) is 23.0. The first-order valence-corrected chi connectivity index (χ1v) is 12.1. The van der Waals surface area contributed by atoms with Crippen molar-refractivity contribution in [1.29, 1.82) is 0 Å². The third-order valence-electron chi connectivity index (χ3n) is 8.24. The van der Waals surface area contributed by atoms with Gasteiger partial charge >= 0.3 is 0 Å². The van der Waals surface area contributed by atoms with Gasteiger partial charge in [-0.25, -0.2) is 0 Å². The molecule has 3 aliphatic carbocycles. The summed E-state index contributed by atoms with van der Waals surface area (Å²) in [5.41, 5.74) is 2.71. The first-order valence-electron chi connectivity index (χ1n) is 12.1. The summed E-state index contributed by atoms with van der Waals surface area (Å²) in [6, 6.07) is 0. The number of rotatable bonds is 7. The van der Waals surface area contributed by atoms with Crippen LogP contribution in [0.2, 0.25) is 0 Å². The highest BCUT2D eigenvalue weighted by molar-refractivity contribution is 5.23. The molecule has 0 unspecified atom stereocenters. The number of aliphatic hydroxyl groups excluding tert-OH is 2. The topological polar surface area (TPSA) is 60.7 Å². The van der Waals surface area contributed by atoms with Gasteiger partial charge in [0.25, 0.3) is 0 Å². The molecule has 0 aromatic carbocycles. The average molecular weight is 405 g/mol. The van der Waals surface area contributed by atoms with Gasteiger partial charge in [0, 0.05) is 6.42 Å². The molecule has 0 aliphatic heterocycles. The number of hydrogen-bond acceptors (Lipinski definition) is 3. The molecule has 29 heavy (non-hydrogen) atoms. The van der Waals surface area contributed by atoms with Gasteiger partial charge in [-0.2, -0.15) is 0 Å². The molecule has 0 saturated heterocycles. The minimum Gasteiger partial charge on any atom is -0.393 e. The van der Waals surface area contributed by atoms with E-state index in [9.17, 15) is 15.3 Å². The van der Waals surface area contributed by atoms with Crippen LogP contribution in [0.1, 0.15) is 98.3 Å². The van der Waals surface area contributed by atoms with Crippen LogP contribution in [0.3, 0.4) is 0 Å². The summed E-state index contributed by atoms with van der Waals surface area (Å²) >= 11 is 0. The smallest absolute Gasteiger partial charge is 0.0748 e. The molecule has 0 spiro atoms. The quantitative estimate of drug-likeness (QED) is 0.488. The van der Waals surface area contributed by atoms with E-state index < -0.39 is 11.7 Å². The second-order valence-corrected chi connectivity index (χ2v) is 11.2. The molecule has 0 aromatic heterocycles. The van der Waals surface area contributed by atoms with E-state index in [1.807, 2.05) is 19.9 Å². The summed E-state index contributed by atoms with van der Waals surface area (Å²) < 4.78 is 0. The van der Waals surface area contributed by atoms with Crippen molar-refractivity contribution >= 4 is 0 Å². The van der Waals surface area contributed by atoms with E-state index in [2.05, 4.69) is 19.9 Å². The monoisotopic (exact) mass is 404 g/mol. The fourth-order valence-corrected chi connectivity index (χ4v) is 6.80. The van der Waals surface area contributed by atoms with E-state index in [1.54, 1.807) is 5.57 Å². The second-order valence-electron chi connectivity index (χ2n) is 11.2. The molecule has 0 aromatic rings. The third-order valence-corrected chi connectivity index (χ3v) is 8.24. The summed E-state index contributed by atoms with van der Waals surface area (Å²) in [5, 5.41) is 29.9. The zero-order valence-electron chi connectivity index (χ0n) is 19.2. The lowest BCUT2D eigenvalue weighted by Crippen LogP contribution is -2.36. The van der Waals surface area contributed by atoms with E-state index in [1.165, 1.54) is 44.1 Å². The molecule has 2 saturated carbocycles. The van der Waals surface area contributed by atoms with E-state index >= 15 is 0 Å². The maximum absolute atomic E-state index is 10.0. The molecule has 6 atom stereocenters. The van der Waals surface area contributed by atoms with Crippen molar-refractivity contribution in [3.63, 3.8) is 0 Å². The van der Waals surface area contributed by atoms with E-state index in [-0.39, 0.29) is 6.10 Å². The molecule has 3 heteroatoms. The van der Waals surface area contributed by atoms with Gasteiger partial charge < -0.3 is 15.3 Å². The van der Waals surface area contributed by atoms with Crippen LogP contribution >= 0.6 is 0 Å². The number of allylic oxidation sites excluding steroid dienone is 2. The zero-order valence-corrected chi connectivity index (χ0v) is 19.2. The van der Waals surface area contributed by atoms with Crippen LogP contribution in [-0.2, 0) is 0 Å². The van der Waals surface area contributed by atoms with Crippen LogP contribution in [0, 0.1) is 23.2 Å². The molecule has 3 nitrogen and oxygen atoms in total. The van der Waals surface area contributed by atoms with Gasteiger partial charge in [-0.3, -0.25) is 0 Å². The Balaban J connectivity index is 1.63. The molecule has 0 amide bonds. The van der Waals surface area contributed by atoms with Crippen LogP contribution < -0.4 is 0 Å². The Morgan fingerprint density at radius 2 is 2.03 bits per heavy atom. The van der Waals surface area contributed by atoms with Crippen molar-refractivity contribution in [3.05, 3.63) is 23.3 Å². The fraction of sp³-hybridized carbons (Fsp3) is 0.846. The predicted molar refractivity (Wildman–Crippen MR) is 120 cm³/mol. The second kappa shape index (κ2) is 9.24. The van der Waals surface area contributed by atoms with Gasteiger partial charge in [0.15, 0.2) is 0 Å². The standard InChI is InChI=1S/C26H44O3/c1-18(7-5-13-25(2,3)29)23-11-12-24-20(8-6-14-26(23,24)4)10-9-19-15-21(27)17-22(28)16-19/h10,15,18,21-24,27-29H,5-9,11-14,16-17H2,1-4H3/b20-10+/t18-,21-,22-,23-,24-,26-/m1/s1. The SMILES string of the molecule is C[C@H](CCCC(C)(C)O)[C@H]1CC[C@@H]2/C(=C/CC3=C[C@@H](O)C[C@H](O)C3)CCC[C@@]21C. The molecule has 166 valence electrons. The van der Waals surface area contributed by atoms with Crippen molar-refractivity contribution < 1.29 is 15.3 Å². The lowest BCUT2D eigenvalue weighted by molar-refractivity contribution is 0.0596. The normalized spacial score (nSPS) is 38.0. The Hall–Kier alpha value is -0.640. The number of fused-ring (bicyclic) bond motifs is 1. The first-order chi connectivity index (χ1) is 13.6. The van der Waals surface area contributed by atoms with E-state index in [0.29, 0.717) is 24.2 Å². The Kier molecular flexibility index (Phi) is 7.34. The van der Waals surface area contributed by atoms with Crippen LogP contribution in [0.5, 0.6) is 0 Å². The van der Waals surface area contributed by atoms with Crippen molar-refractivity contribution in [2.75, 3.05) is 0 Å². The van der Waals surface area contributed by atoms with Crippen molar-refractivity contribution in [3.8, 4) is 0 Å². The lowest BCUT2D eigenvalue weighted by Gasteiger charge is -2.44. The van der Waals surface area contributed by atoms with E-state index in [0.717, 1.165) is 31.1 Å². The highest BCUT2D eigenvalue weighted by atomic mass is 16.3. The minimum absolute atomic E-state index is 0.388. The fourth-order valence-electron chi connectivity index (χ4n) is 6.80. The summed E-state index contributed by atoms with van der Waals surface area (Å²) in [6.07, 6.45) is 15.3. The summed E-state index contributed by atoms with van der Waals surface area (Å²) in [6.45, 7) is 8.82. The highest BCUT2D eigenvalue weighted by Crippen LogP contribution is 2.60. The average Bonchev–Trinajstić information content (AvgIpc) is 2.95. The maximum Gasteiger partial charge on any atom is 0.0748 e. The molecule has 3 rings (SSSR count). The Morgan fingerprint density at radius 1 is 1.28 bits per heavy atom. The van der Waals surface area contributed by atoms with Crippen molar-refractivity contribution in [1.82, 2.24) is 0 Å². The van der Waals surface area contributed by atoms with Crippen LogP contribution in [0.25, 0.3) is 0 Å². The molecular weight excluding hydrogens is 360 g/mol. The number of aliphatic hydroxyl groups is 3. The Morgan fingerprint density at radius 3 is 2.72 bits per heavy atom. The largest absolute Gasteiger partial charge is 0.393 e. The van der Waals surface area contributed by atoms with Gasteiger partial charge in [-0.15, -0.1) is 0 Å².